The molecule has 0 saturated heterocycles. The van der Waals surface area contributed by atoms with Gasteiger partial charge < -0.3 is 5.11 Å². The van der Waals surface area contributed by atoms with Gasteiger partial charge in [-0.15, -0.1) is 0 Å². The fourth-order valence-electron chi connectivity index (χ4n) is 1.68. The lowest BCUT2D eigenvalue weighted by molar-refractivity contribution is -0.137. The van der Waals surface area contributed by atoms with Crippen molar-refractivity contribution in [1.29, 1.82) is 0 Å². The molecule has 1 heterocycles. The molecule has 5 heteroatoms. The molecule has 1 unspecified atom stereocenters. The van der Waals surface area contributed by atoms with Gasteiger partial charge in [0.15, 0.2) is 5.82 Å². The molecule has 0 amide bonds. The number of halogens is 2. The highest BCUT2D eigenvalue weighted by molar-refractivity contribution is 9.10. The molecule has 0 saturated carbocycles. The van der Waals surface area contributed by atoms with E-state index in [0.717, 1.165) is 0 Å². The Kier molecular flexibility index (Phi) is 3.72. The van der Waals surface area contributed by atoms with Crippen LogP contribution >= 0.6 is 15.9 Å². The van der Waals surface area contributed by atoms with Gasteiger partial charge in [0.05, 0.1) is 5.69 Å². The molecule has 1 aromatic carbocycles. The minimum atomic E-state index is -1.02. The zero-order chi connectivity index (χ0) is 13.1. The fraction of sp³-hybridized carbons (Fsp3) is 0.0769. The normalized spacial score (nSPS) is 12.1. The van der Waals surface area contributed by atoms with Crippen LogP contribution in [0.4, 0.5) is 4.39 Å². The first-order chi connectivity index (χ1) is 8.59. The van der Waals surface area contributed by atoms with E-state index in [-0.39, 0.29) is 4.60 Å². The number of carbonyl (C=O) groups is 1. The topological polar surface area (TPSA) is 50.2 Å². The molecule has 1 N–H and O–H groups in total. The van der Waals surface area contributed by atoms with Crippen molar-refractivity contribution in [3.05, 3.63) is 64.1 Å². The standard InChI is InChI=1S/C13H9BrFNO2/c14-12-9(15)6-7-10(16-12)11(13(17)18)8-4-2-1-3-5-8/h1-7,11H,(H,17,18). The van der Waals surface area contributed by atoms with Crippen LogP contribution in [0.25, 0.3) is 0 Å². The molecule has 0 spiro atoms. The third kappa shape index (κ3) is 2.56. The van der Waals surface area contributed by atoms with Crippen molar-refractivity contribution in [3.63, 3.8) is 0 Å². The van der Waals surface area contributed by atoms with Crippen molar-refractivity contribution in [1.82, 2.24) is 4.98 Å². The van der Waals surface area contributed by atoms with Crippen LogP contribution in [-0.2, 0) is 4.79 Å². The van der Waals surface area contributed by atoms with Gasteiger partial charge in [-0.3, -0.25) is 4.79 Å². The Morgan fingerprint density at radius 1 is 1.22 bits per heavy atom. The Morgan fingerprint density at radius 2 is 1.89 bits per heavy atom. The molecule has 1 aromatic heterocycles. The summed E-state index contributed by atoms with van der Waals surface area (Å²) in [4.78, 5) is 15.3. The SMILES string of the molecule is O=C(O)C(c1ccccc1)c1ccc(F)c(Br)n1. The molecule has 2 rings (SSSR count). The van der Waals surface area contributed by atoms with E-state index in [2.05, 4.69) is 20.9 Å². The molecule has 0 aliphatic rings. The average Bonchev–Trinajstić information content (AvgIpc) is 2.35. The summed E-state index contributed by atoms with van der Waals surface area (Å²) < 4.78 is 13.1. The lowest BCUT2D eigenvalue weighted by Crippen LogP contribution is -2.14. The Morgan fingerprint density at radius 3 is 2.44 bits per heavy atom. The highest BCUT2D eigenvalue weighted by Gasteiger charge is 2.24. The average molecular weight is 310 g/mol. The number of rotatable bonds is 3. The molecule has 2 aromatic rings. The van der Waals surface area contributed by atoms with Crippen LogP contribution in [0.2, 0.25) is 0 Å². The predicted octanol–water partition coefficient (Wildman–Crippen LogP) is 3.20. The third-order valence-corrected chi connectivity index (χ3v) is 3.06. The van der Waals surface area contributed by atoms with Gasteiger partial charge in [0, 0.05) is 0 Å². The second-order valence-corrected chi connectivity index (χ2v) is 4.44. The van der Waals surface area contributed by atoms with Gasteiger partial charge in [0.25, 0.3) is 0 Å². The lowest BCUT2D eigenvalue weighted by atomic mass is 9.95. The summed E-state index contributed by atoms with van der Waals surface area (Å²) in [7, 11) is 0. The number of nitrogens with zero attached hydrogens (tertiary/aromatic N) is 1. The highest BCUT2D eigenvalue weighted by atomic mass is 79.9. The lowest BCUT2D eigenvalue weighted by Gasteiger charge is -2.12. The van der Waals surface area contributed by atoms with Crippen molar-refractivity contribution in [3.8, 4) is 0 Å². The van der Waals surface area contributed by atoms with E-state index in [9.17, 15) is 14.3 Å². The quantitative estimate of drug-likeness (QED) is 0.886. The van der Waals surface area contributed by atoms with Crippen LogP contribution in [0.1, 0.15) is 17.2 Å². The third-order valence-electron chi connectivity index (χ3n) is 2.50. The molecular formula is C13H9BrFNO2. The van der Waals surface area contributed by atoms with Crippen LogP contribution in [-0.4, -0.2) is 16.1 Å². The molecule has 3 nitrogen and oxygen atoms in total. The summed E-state index contributed by atoms with van der Waals surface area (Å²) in [6.45, 7) is 0. The summed E-state index contributed by atoms with van der Waals surface area (Å²) in [6.07, 6.45) is 0. The maximum absolute atomic E-state index is 13.1. The van der Waals surface area contributed by atoms with Crippen LogP contribution in [0.3, 0.4) is 0 Å². The minimum absolute atomic E-state index is 0.0159. The fourth-order valence-corrected chi connectivity index (χ4v) is 2.01. The van der Waals surface area contributed by atoms with Crippen LogP contribution in [0.5, 0.6) is 0 Å². The zero-order valence-corrected chi connectivity index (χ0v) is 10.8. The molecule has 92 valence electrons. The first-order valence-corrected chi connectivity index (χ1v) is 5.98. The van der Waals surface area contributed by atoms with E-state index in [1.165, 1.54) is 12.1 Å². The number of hydrogen-bond donors (Lipinski definition) is 1. The van der Waals surface area contributed by atoms with E-state index < -0.39 is 17.7 Å². The van der Waals surface area contributed by atoms with Crippen LogP contribution in [0.15, 0.2) is 47.1 Å². The second kappa shape index (κ2) is 5.27. The molecular weight excluding hydrogens is 301 g/mol. The molecule has 0 fully saturated rings. The smallest absolute Gasteiger partial charge is 0.317 e. The van der Waals surface area contributed by atoms with E-state index >= 15 is 0 Å². The summed E-state index contributed by atoms with van der Waals surface area (Å²) in [5.41, 5.74) is 0.901. The zero-order valence-electron chi connectivity index (χ0n) is 9.18. The van der Waals surface area contributed by atoms with Gasteiger partial charge in [0.2, 0.25) is 0 Å². The first-order valence-electron chi connectivity index (χ1n) is 5.19. The first kappa shape index (κ1) is 12.7. The van der Waals surface area contributed by atoms with E-state index in [1.807, 2.05) is 0 Å². The van der Waals surface area contributed by atoms with Crippen molar-refractivity contribution in [2.45, 2.75) is 5.92 Å². The van der Waals surface area contributed by atoms with Crippen molar-refractivity contribution >= 4 is 21.9 Å². The number of hydrogen-bond acceptors (Lipinski definition) is 2. The van der Waals surface area contributed by atoms with E-state index in [4.69, 9.17) is 0 Å². The van der Waals surface area contributed by atoms with Crippen molar-refractivity contribution in [2.75, 3.05) is 0 Å². The molecule has 0 radical (unpaired) electrons. The van der Waals surface area contributed by atoms with E-state index in [0.29, 0.717) is 11.3 Å². The van der Waals surface area contributed by atoms with Gasteiger partial charge in [-0.05, 0) is 33.6 Å². The van der Waals surface area contributed by atoms with Crippen LogP contribution in [0, 0.1) is 5.82 Å². The van der Waals surface area contributed by atoms with Crippen LogP contribution < -0.4 is 0 Å². The second-order valence-electron chi connectivity index (χ2n) is 3.69. The Hall–Kier alpha value is -1.75. The highest BCUT2D eigenvalue weighted by Crippen LogP contribution is 2.25. The van der Waals surface area contributed by atoms with E-state index in [1.54, 1.807) is 30.3 Å². The predicted molar refractivity (Wildman–Crippen MR) is 67.8 cm³/mol. The Labute approximate surface area is 111 Å². The summed E-state index contributed by atoms with van der Waals surface area (Å²) in [6, 6.07) is 11.3. The van der Waals surface area contributed by atoms with Crippen molar-refractivity contribution < 1.29 is 14.3 Å². The summed E-state index contributed by atoms with van der Waals surface area (Å²) >= 11 is 2.96. The maximum atomic E-state index is 13.1. The number of aliphatic carboxylic acids is 1. The summed E-state index contributed by atoms with van der Waals surface area (Å²) in [5, 5.41) is 9.29. The van der Waals surface area contributed by atoms with Gasteiger partial charge in [-0.25, -0.2) is 9.37 Å². The van der Waals surface area contributed by atoms with Gasteiger partial charge in [-0.1, -0.05) is 30.3 Å². The van der Waals surface area contributed by atoms with Gasteiger partial charge in [-0.2, -0.15) is 0 Å². The molecule has 0 bridgehead atoms. The van der Waals surface area contributed by atoms with Crippen molar-refractivity contribution in [2.24, 2.45) is 0 Å². The number of carboxylic acid groups (broad SMARTS) is 1. The van der Waals surface area contributed by atoms with Gasteiger partial charge >= 0.3 is 5.97 Å². The molecule has 18 heavy (non-hydrogen) atoms. The molecule has 1 atom stereocenters. The Balaban J connectivity index is 2.49. The molecule has 0 aliphatic carbocycles. The number of benzene rings is 1. The minimum Gasteiger partial charge on any atom is -0.480 e. The maximum Gasteiger partial charge on any atom is 0.317 e. The molecule has 0 aliphatic heterocycles. The Bertz CT molecular complexity index is 574. The number of aromatic nitrogens is 1. The number of carboxylic acids is 1. The number of pyridine rings is 1. The monoisotopic (exact) mass is 309 g/mol. The van der Waals surface area contributed by atoms with Gasteiger partial charge in [0.1, 0.15) is 10.5 Å². The summed E-state index contributed by atoms with van der Waals surface area (Å²) in [5.74, 6) is -2.44. The largest absolute Gasteiger partial charge is 0.480 e.